The van der Waals surface area contributed by atoms with Gasteiger partial charge in [-0.3, -0.25) is 0 Å². The Labute approximate surface area is 274 Å². The topological polar surface area (TPSA) is 26.0 Å². The first-order chi connectivity index (χ1) is 21.0. The van der Waals surface area contributed by atoms with Crippen LogP contribution in [0.5, 0.6) is 0 Å². The fourth-order valence-electron chi connectivity index (χ4n) is 6.09. The highest BCUT2D eigenvalue weighted by Crippen LogP contribution is 2.40. The molecule has 1 aromatic rings. The lowest BCUT2D eigenvalue weighted by Gasteiger charge is -2.21. The van der Waals surface area contributed by atoms with E-state index in [1.807, 2.05) is 38.1 Å². The van der Waals surface area contributed by atoms with Gasteiger partial charge in [-0.1, -0.05) is 125 Å². The summed E-state index contributed by atoms with van der Waals surface area (Å²) in [5, 5.41) is 0. The number of unbranched alkanes of at least 4 members (excludes halogenated alkanes) is 1. The Morgan fingerprint density at radius 1 is 1.09 bits per heavy atom. The summed E-state index contributed by atoms with van der Waals surface area (Å²) in [7, 11) is 0. The molecular formula is C42H70FN. The van der Waals surface area contributed by atoms with Gasteiger partial charge in [-0.2, -0.15) is 0 Å². The van der Waals surface area contributed by atoms with Crippen LogP contribution in [0.25, 0.3) is 0 Å². The smallest absolute Gasteiger partial charge is 0.126 e. The van der Waals surface area contributed by atoms with Gasteiger partial charge in [-0.15, -0.1) is 6.58 Å². The number of hydrogen-bond donors (Lipinski definition) is 1. The minimum atomic E-state index is -1.25. The highest BCUT2D eigenvalue weighted by atomic mass is 19.1. The van der Waals surface area contributed by atoms with Crippen LogP contribution >= 0.6 is 0 Å². The summed E-state index contributed by atoms with van der Waals surface area (Å²) in [6.45, 7) is 25.4. The molecule has 0 radical (unpaired) electrons. The van der Waals surface area contributed by atoms with Crippen molar-refractivity contribution in [3.8, 4) is 0 Å². The van der Waals surface area contributed by atoms with Crippen LogP contribution in [0.4, 0.5) is 4.39 Å². The average molecular weight is 608 g/mol. The van der Waals surface area contributed by atoms with E-state index in [1.54, 1.807) is 6.92 Å². The van der Waals surface area contributed by atoms with Crippen molar-refractivity contribution in [2.75, 3.05) is 6.54 Å². The van der Waals surface area contributed by atoms with Crippen molar-refractivity contribution >= 4 is 0 Å². The van der Waals surface area contributed by atoms with Gasteiger partial charge in [0.15, 0.2) is 0 Å². The molecule has 5 atom stereocenters. The van der Waals surface area contributed by atoms with Crippen molar-refractivity contribution in [1.29, 1.82) is 0 Å². The van der Waals surface area contributed by atoms with Gasteiger partial charge in [-0.05, 0) is 121 Å². The first-order valence-corrected chi connectivity index (χ1v) is 17.7. The number of nitrogens with two attached hydrogens (primary N) is 1. The SMILES string of the molecule is C=C(C)CCC.C=C(CCC/C=C\C[C@@H]1C(/C=C/C(C)(F)CCc2ccccc2)CC[C@@H]1C)CC(C)C/C(=C/C)CN.CC. The second-order valence-corrected chi connectivity index (χ2v) is 13.2. The number of hydrogen-bond acceptors (Lipinski definition) is 1. The summed E-state index contributed by atoms with van der Waals surface area (Å²) in [4.78, 5) is 0. The number of alkyl halides is 1. The van der Waals surface area contributed by atoms with E-state index >= 15 is 4.39 Å². The van der Waals surface area contributed by atoms with E-state index in [0.29, 0.717) is 36.6 Å². The van der Waals surface area contributed by atoms with E-state index in [9.17, 15) is 0 Å². The zero-order chi connectivity index (χ0) is 33.4. The summed E-state index contributed by atoms with van der Waals surface area (Å²) in [5.41, 5.74) is 9.75. The van der Waals surface area contributed by atoms with Crippen molar-refractivity contribution in [3.63, 3.8) is 0 Å². The molecule has 1 saturated carbocycles. The van der Waals surface area contributed by atoms with Crippen LogP contribution in [0.15, 0.2) is 90.6 Å². The molecule has 1 aliphatic rings. The highest BCUT2D eigenvalue weighted by molar-refractivity contribution is 5.16. The number of rotatable bonds is 18. The Morgan fingerprint density at radius 2 is 1.77 bits per heavy atom. The van der Waals surface area contributed by atoms with Crippen LogP contribution in [0, 0.1) is 23.7 Å². The molecule has 1 aliphatic carbocycles. The Bertz CT molecular complexity index is 967. The van der Waals surface area contributed by atoms with E-state index < -0.39 is 5.67 Å². The van der Waals surface area contributed by atoms with Gasteiger partial charge in [0.05, 0.1) is 0 Å². The predicted octanol–water partition coefficient (Wildman–Crippen LogP) is 12.9. The second kappa shape index (κ2) is 25.1. The fourth-order valence-corrected chi connectivity index (χ4v) is 6.09. The maximum atomic E-state index is 15.2. The van der Waals surface area contributed by atoms with Crippen LogP contribution in [-0.2, 0) is 6.42 Å². The first kappa shape index (κ1) is 41.8. The number of benzene rings is 1. The van der Waals surface area contributed by atoms with Crippen molar-refractivity contribution in [1.82, 2.24) is 0 Å². The minimum absolute atomic E-state index is 0.494. The van der Waals surface area contributed by atoms with Gasteiger partial charge in [-0.25, -0.2) is 4.39 Å². The molecule has 1 fully saturated rings. The molecule has 0 bridgehead atoms. The molecule has 250 valence electrons. The van der Waals surface area contributed by atoms with E-state index in [2.05, 4.69) is 84.2 Å². The first-order valence-electron chi connectivity index (χ1n) is 17.7. The lowest BCUT2D eigenvalue weighted by atomic mass is 9.86. The van der Waals surface area contributed by atoms with Gasteiger partial charge in [0.2, 0.25) is 0 Å². The minimum Gasteiger partial charge on any atom is -0.327 e. The van der Waals surface area contributed by atoms with Crippen LogP contribution in [0.3, 0.4) is 0 Å². The van der Waals surface area contributed by atoms with Crippen molar-refractivity contribution in [2.45, 2.75) is 138 Å². The largest absolute Gasteiger partial charge is 0.327 e. The quantitative estimate of drug-likeness (QED) is 0.130. The molecular weight excluding hydrogens is 537 g/mol. The summed E-state index contributed by atoms with van der Waals surface area (Å²) >= 11 is 0. The molecule has 1 nitrogen and oxygen atoms in total. The van der Waals surface area contributed by atoms with Crippen LogP contribution in [0.2, 0.25) is 0 Å². The Balaban J connectivity index is 0.00000206. The molecule has 2 N–H and O–H groups in total. The van der Waals surface area contributed by atoms with E-state index in [4.69, 9.17) is 5.73 Å². The molecule has 0 heterocycles. The summed E-state index contributed by atoms with van der Waals surface area (Å²) in [5.74, 6) is 2.44. The zero-order valence-corrected chi connectivity index (χ0v) is 30.1. The fraction of sp³-hybridized carbons (Fsp3) is 0.619. The predicted molar refractivity (Wildman–Crippen MR) is 198 cm³/mol. The lowest BCUT2D eigenvalue weighted by Crippen LogP contribution is -2.17. The second-order valence-electron chi connectivity index (χ2n) is 13.2. The molecule has 2 rings (SSSR count). The van der Waals surface area contributed by atoms with E-state index in [1.165, 1.54) is 54.4 Å². The normalized spacial score (nSPS) is 20.4. The number of halogens is 1. The maximum absolute atomic E-state index is 15.2. The Morgan fingerprint density at radius 3 is 2.34 bits per heavy atom. The summed E-state index contributed by atoms with van der Waals surface area (Å²) < 4.78 is 15.2. The van der Waals surface area contributed by atoms with Crippen LogP contribution < -0.4 is 5.73 Å². The van der Waals surface area contributed by atoms with Gasteiger partial charge >= 0.3 is 0 Å². The van der Waals surface area contributed by atoms with Crippen molar-refractivity contribution in [3.05, 3.63) is 96.2 Å². The standard InChI is InChI=1S/C34H52FN.C6H12.C2H6/c1-6-30(26-36)25-28(3)24-27(2)14-10-7-8-13-17-33-29(4)18-19-32(33)21-23-34(5,35)22-20-31-15-11-9-12-16-31;1-4-5-6(2)3;1-2/h6,8-9,11-13,15-16,21,23,28-29,32-33H,2,7,10,14,17-20,22,24-26,36H2,1,3-5H3;2,4-5H2,1,3H3;1-2H3/b13-8-,23-21+,30-6-;;/t28?,29-,32?,33-,34?;;/m0../s1. The molecule has 1 aromatic carbocycles. The van der Waals surface area contributed by atoms with Crippen LogP contribution in [0.1, 0.15) is 132 Å². The van der Waals surface area contributed by atoms with Crippen LogP contribution in [-0.4, -0.2) is 12.2 Å². The molecule has 0 aromatic heterocycles. The van der Waals surface area contributed by atoms with Gasteiger partial charge in [0.1, 0.15) is 5.67 Å². The number of allylic oxidation sites excluding steroid dienone is 7. The summed E-state index contributed by atoms with van der Waals surface area (Å²) in [6.07, 6.45) is 23.7. The molecule has 2 heteroatoms. The van der Waals surface area contributed by atoms with E-state index in [-0.39, 0.29) is 0 Å². The third kappa shape index (κ3) is 20.0. The molecule has 0 aliphatic heterocycles. The van der Waals surface area contributed by atoms with Gasteiger partial charge in [0.25, 0.3) is 0 Å². The monoisotopic (exact) mass is 608 g/mol. The lowest BCUT2D eigenvalue weighted by molar-refractivity contribution is 0.238. The highest BCUT2D eigenvalue weighted by Gasteiger charge is 2.31. The molecule has 0 amide bonds. The molecule has 3 unspecified atom stereocenters. The average Bonchev–Trinajstić information content (AvgIpc) is 3.36. The van der Waals surface area contributed by atoms with Crippen molar-refractivity contribution in [2.24, 2.45) is 29.4 Å². The maximum Gasteiger partial charge on any atom is 0.126 e. The molecule has 0 spiro atoms. The van der Waals surface area contributed by atoms with Gasteiger partial charge in [0, 0.05) is 6.54 Å². The van der Waals surface area contributed by atoms with Crippen molar-refractivity contribution < 1.29 is 4.39 Å². The molecule has 0 saturated heterocycles. The third-order valence-electron chi connectivity index (χ3n) is 8.74. The molecule has 44 heavy (non-hydrogen) atoms. The summed E-state index contributed by atoms with van der Waals surface area (Å²) in [6, 6.07) is 10.2. The van der Waals surface area contributed by atoms with E-state index in [0.717, 1.165) is 38.5 Å². The Kier molecular flexibility index (Phi) is 23.8. The Hall–Kier alpha value is -2.19. The number of aryl methyl sites for hydroxylation is 1. The zero-order valence-electron chi connectivity index (χ0n) is 30.1. The van der Waals surface area contributed by atoms with Gasteiger partial charge < -0.3 is 5.73 Å². The third-order valence-corrected chi connectivity index (χ3v) is 8.74.